The minimum atomic E-state index is -1.18. The molecule has 0 unspecified atom stereocenters. The molecule has 0 bridgehead atoms. The van der Waals surface area contributed by atoms with Gasteiger partial charge in [0.15, 0.2) is 12.4 Å². The lowest BCUT2D eigenvalue weighted by atomic mass is 10.1. The Hall–Kier alpha value is -2.88. The third-order valence-electron chi connectivity index (χ3n) is 3.86. The van der Waals surface area contributed by atoms with Gasteiger partial charge < -0.3 is 9.84 Å². The third-order valence-corrected chi connectivity index (χ3v) is 4.98. The first kappa shape index (κ1) is 21.8. The van der Waals surface area contributed by atoms with Gasteiger partial charge in [-0.15, -0.1) is 0 Å². The van der Waals surface area contributed by atoms with E-state index < -0.39 is 30.4 Å². The lowest BCUT2D eigenvalue weighted by molar-refractivity contribution is -0.139. The summed E-state index contributed by atoms with van der Waals surface area (Å²) >= 11 is 15.2. The Labute approximate surface area is 188 Å². The minimum absolute atomic E-state index is 0.0618. The van der Waals surface area contributed by atoms with Gasteiger partial charge in [0.05, 0.1) is 15.2 Å². The van der Waals surface area contributed by atoms with Gasteiger partial charge >= 0.3 is 12.0 Å². The summed E-state index contributed by atoms with van der Waals surface area (Å²) < 4.78 is 5.42. The molecule has 0 saturated carbocycles. The highest BCUT2D eigenvalue weighted by molar-refractivity contribution is 9.10. The predicted molar refractivity (Wildman–Crippen MR) is 113 cm³/mol. The molecule has 4 amide bonds. The molecule has 154 valence electrons. The summed E-state index contributed by atoms with van der Waals surface area (Å²) in [6.45, 7) is -0.599. The molecule has 11 heteroatoms. The van der Waals surface area contributed by atoms with Gasteiger partial charge in [-0.1, -0.05) is 23.2 Å². The zero-order valence-electron chi connectivity index (χ0n) is 14.8. The van der Waals surface area contributed by atoms with Gasteiger partial charge in [-0.05, 0) is 64.0 Å². The van der Waals surface area contributed by atoms with Crippen molar-refractivity contribution in [3.05, 3.63) is 62.1 Å². The Kier molecular flexibility index (Phi) is 6.45. The first-order chi connectivity index (χ1) is 14.2. The van der Waals surface area contributed by atoms with Crippen molar-refractivity contribution in [1.29, 1.82) is 0 Å². The van der Waals surface area contributed by atoms with E-state index in [1.165, 1.54) is 42.5 Å². The molecule has 1 aliphatic rings. The Morgan fingerprint density at radius 2 is 1.83 bits per heavy atom. The van der Waals surface area contributed by atoms with Crippen LogP contribution in [0, 0.1) is 0 Å². The number of halogens is 3. The van der Waals surface area contributed by atoms with E-state index in [-0.39, 0.29) is 22.0 Å². The van der Waals surface area contributed by atoms with Crippen molar-refractivity contribution in [2.45, 2.75) is 0 Å². The number of anilines is 1. The standard InChI is InChI=1S/C19H11BrCl2N2O6/c20-13-6-9(7-14(22)16(13)30-8-15(25)26)5-12-17(27)23-19(29)24(18(12)28)11-3-1-10(21)2-4-11/h1-7H,8H2,(H,25,26)(H,23,27,29)/b12-5+. The molecule has 0 aromatic heterocycles. The van der Waals surface area contributed by atoms with E-state index in [0.29, 0.717) is 15.1 Å². The Morgan fingerprint density at radius 3 is 2.43 bits per heavy atom. The summed E-state index contributed by atoms with van der Waals surface area (Å²) in [5.41, 5.74) is 0.280. The normalized spacial score (nSPS) is 15.4. The molecule has 1 fully saturated rings. The molecule has 2 aromatic carbocycles. The summed E-state index contributed by atoms with van der Waals surface area (Å²) in [5.74, 6) is -2.78. The molecular weight excluding hydrogens is 503 g/mol. The molecule has 1 aliphatic heterocycles. The second-order valence-corrected chi connectivity index (χ2v) is 7.63. The Balaban J connectivity index is 1.96. The van der Waals surface area contributed by atoms with Crippen LogP contribution < -0.4 is 15.0 Å². The number of rotatable bonds is 5. The number of nitrogens with zero attached hydrogens (tertiary/aromatic N) is 1. The number of carboxylic acids is 1. The van der Waals surface area contributed by atoms with Gasteiger partial charge in [-0.2, -0.15) is 0 Å². The second-order valence-electron chi connectivity index (χ2n) is 5.93. The van der Waals surface area contributed by atoms with Crippen molar-refractivity contribution in [3.8, 4) is 5.75 Å². The molecule has 8 nitrogen and oxygen atoms in total. The van der Waals surface area contributed by atoms with E-state index in [0.717, 1.165) is 4.90 Å². The van der Waals surface area contributed by atoms with E-state index in [2.05, 4.69) is 21.2 Å². The van der Waals surface area contributed by atoms with Crippen LogP contribution in [0.15, 0.2) is 46.4 Å². The summed E-state index contributed by atoms with van der Waals surface area (Å²) in [4.78, 5) is 48.8. The van der Waals surface area contributed by atoms with Crippen LogP contribution in [-0.4, -0.2) is 35.5 Å². The van der Waals surface area contributed by atoms with Gasteiger partial charge in [0.2, 0.25) is 0 Å². The third kappa shape index (κ3) is 4.64. The van der Waals surface area contributed by atoms with Crippen molar-refractivity contribution in [2.75, 3.05) is 11.5 Å². The van der Waals surface area contributed by atoms with Gasteiger partial charge in [0.1, 0.15) is 5.57 Å². The topological polar surface area (TPSA) is 113 Å². The van der Waals surface area contributed by atoms with E-state index in [1.807, 2.05) is 0 Å². The van der Waals surface area contributed by atoms with E-state index in [4.69, 9.17) is 33.0 Å². The van der Waals surface area contributed by atoms with Crippen LogP contribution in [0.3, 0.4) is 0 Å². The molecule has 30 heavy (non-hydrogen) atoms. The smallest absolute Gasteiger partial charge is 0.341 e. The predicted octanol–water partition coefficient (Wildman–Crippen LogP) is 3.89. The van der Waals surface area contributed by atoms with Crippen LogP contribution in [0.25, 0.3) is 6.08 Å². The quantitative estimate of drug-likeness (QED) is 0.463. The number of imide groups is 2. The maximum atomic E-state index is 12.9. The van der Waals surface area contributed by atoms with Crippen molar-refractivity contribution in [2.24, 2.45) is 0 Å². The molecule has 0 atom stereocenters. The molecule has 2 N–H and O–H groups in total. The van der Waals surface area contributed by atoms with Crippen LogP contribution in [-0.2, 0) is 14.4 Å². The lowest BCUT2D eigenvalue weighted by Crippen LogP contribution is -2.54. The number of hydrogen-bond donors (Lipinski definition) is 2. The van der Waals surface area contributed by atoms with Crippen molar-refractivity contribution in [1.82, 2.24) is 5.32 Å². The van der Waals surface area contributed by atoms with Gasteiger partial charge in [0.25, 0.3) is 11.8 Å². The number of carbonyl (C=O) groups is 4. The van der Waals surface area contributed by atoms with Gasteiger partial charge in [-0.25, -0.2) is 14.5 Å². The molecule has 2 aromatic rings. The first-order valence-electron chi connectivity index (χ1n) is 8.18. The summed E-state index contributed by atoms with van der Waals surface area (Å²) in [6.07, 6.45) is 1.25. The molecule has 1 saturated heterocycles. The monoisotopic (exact) mass is 512 g/mol. The number of benzene rings is 2. The van der Waals surface area contributed by atoms with Gasteiger partial charge in [-0.3, -0.25) is 14.9 Å². The number of nitrogens with one attached hydrogen (secondary N) is 1. The Morgan fingerprint density at radius 1 is 1.17 bits per heavy atom. The number of amides is 4. The van der Waals surface area contributed by atoms with Gasteiger partial charge in [0, 0.05) is 5.02 Å². The van der Waals surface area contributed by atoms with Crippen LogP contribution in [0.2, 0.25) is 10.0 Å². The number of aliphatic carboxylic acids is 1. The van der Waals surface area contributed by atoms with Crippen molar-refractivity contribution in [3.63, 3.8) is 0 Å². The van der Waals surface area contributed by atoms with Crippen LogP contribution in [0.5, 0.6) is 5.75 Å². The molecule has 0 radical (unpaired) electrons. The average molecular weight is 514 g/mol. The van der Waals surface area contributed by atoms with E-state index in [9.17, 15) is 19.2 Å². The number of ether oxygens (including phenoxy) is 1. The second kappa shape index (κ2) is 8.86. The summed E-state index contributed by atoms with van der Waals surface area (Å²) in [7, 11) is 0. The highest BCUT2D eigenvalue weighted by Crippen LogP contribution is 2.35. The number of carbonyl (C=O) groups excluding carboxylic acids is 3. The van der Waals surface area contributed by atoms with Crippen molar-refractivity contribution < 1.29 is 29.0 Å². The maximum absolute atomic E-state index is 12.9. The summed E-state index contributed by atoms with van der Waals surface area (Å²) in [5, 5.41) is 11.3. The number of carboxylic acid groups (broad SMARTS) is 1. The average Bonchev–Trinajstić information content (AvgIpc) is 2.65. The number of hydrogen-bond acceptors (Lipinski definition) is 5. The molecule has 1 heterocycles. The fourth-order valence-corrected chi connectivity index (χ4v) is 3.70. The molecule has 0 aliphatic carbocycles. The number of barbiturate groups is 1. The molecule has 3 rings (SSSR count). The lowest BCUT2D eigenvalue weighted by Gasteiger charge is -2.26. The number of urea groups is 1. The highest BCUT2D eigenvalue weighted by Gasteiger charge is 2.36. The maximum Gasteiger partial charge on any atom is 0.341 e. The fraction of sp³-hybridized carbons (Fsp3) is 0.0526. The van der Waals surface area contributed by atoms with E-state index >= 15 is 0 Å². The fourth-order valence-electron chi connectivity index (χ4n) is 2.58. The zero-order chi connectivity index (χ0) is 22.0. The Bertz CT molecular complexity index is 1080. The van der Waals surface area contributed by atoms with Crippen LogP contribution >= 0.6 is 39.1 Å². The largest absolute Gasteiger partial charge is 0.479 e. The zero-order valence-corrected chi connectivity index (χ0v) is 17.9. The molecular formula is C19H11BrCl2N2O6. The minimum Gasteiger partial charge on any atom is -0.479 e. The van der Waals surface area contributed by atoms with E-state index in [1.54, 1.807) is 0 Å². The SMILES string of the molecule is O=C(O)COc1c(Cl)cc(/C=C2\C(=O)NC(=O)N(c3ccc(Cl)cc3)C2=O)cc1Br. The highest BCUT2D eigenvalue weighted by atomic mass is 79.9. The van der Waals surface area contributed by atoms with Crippen molar-refractivity contribution >= 4 is 74.7 Å². The first-order valence-corrected chi connectivity index (χ1v) is 9.73. The molecule has 0 spiro atoms. The van der Waals surface area contributed by atoms with Crippen LogP contribution in [0.1, 0.15) is 5.56 Å². The van der Waals surface area contributed by atoms with Crippen LogP contribution in [0.4, 0.5) is 10.5 Å². The summed E-state index contributed by atoms with van der Waals surface area (Å²) in [6, 6.07) is 7.93.